The summed E-state index contributed by atoms with van der Waals surface area (Å²) in [5.41, 5.74) is 1.48. The number of benzene rings is 1. The van der Waals surface area contributed by atoms with Crippen LogP contribution < -0.4 is 0 Å². The van der Waals surface area contributed by atoms with Gasteiger partial charge in [-0.3, -0.25) is 9.59 Å². The zero-order valence-corrected chi connectivity index (χ0v) is 13.8. The summed E-state index contributed by atoms with van der Waals surface area (Å²) < 4.78 is 5.28. The molecule has 1 aliphatic rings. The van der Waals surface area contributed by atoms with E-state index in [1.54, 1.807) is 13.0 Å². The van der Waals surface area contributed by atoms with E-state index in [1.165, 1.54) is 11.0 Å². The topological polar surface area (TPSA) is 66.8 Å². The molecule has 0 spiro atoms. The van der Waals surface area contributed by atoms with Crippen molar-refractivity contribution in [3.8, 4) is 0 Å². The smallest absolute Gasteiger partial charge is 0.323 e. The van der Waals surface area contributed by atoms with Gasteiger partial charge in [-0.05, 0) is 37.0 Å². The minimum absolute atomic E-state index is 0.109. The Morgan fingerprint density at radius 2 is 2.00 bits per heavy atom. The van der Waals surface area contributed by atoms with Crippen LogP contribution in [0.1, 0.15) is 25.3 Å². The number of hydrogen-bond acceptors (Lipinski definition) is 3. The van der Waals surface area contributed by atoms with E-state index in [0.29, 0.717) is 36.7 Å². The molecule has 5 nitrogen and oxygen atoms in total. The predicted molar refractivity (Wildman–Crippen MR) is 88.3 cm³/mol. The summed E-state index contributed by atoms with van der Waals surface area (Å²) in [7, 11) is 0. The molecule has 0 unspecified atom stereocenters. The number of carbonyl (C=O) groups excluding carboxylic acids is 1. The van der Waals surface area contributed by atoms with Crippen LogP contribution in [0.15, 0.2) is 30.3 Å². The van der Waals surface area contributed by atoms with Crippen molar-refractivity contribution in [1.82, 2.24) is 4.90 Å². The molecular formula is C17H20ClNO4. The molecular weight excluding hydrogens is 318 g/mol. The molecule has 1 N–H and O–H groups in total. The summed E-state index contributed by atoms with van der Waals surface area (Å²) in [4.78, 5) is 25.1. The minimum Gasteiger partial charge on any atom is -0.480 e. The largest absolute Gasteiger partial charge is 0.480 e. The van der Waals surface area contributed by atoms with Gasteiger partial charge in [0.25, 0.3) is 0 Å². The van der Waals surface area contributed by atoms with Gasteiger partial charge in [-0.25, -0.2) is 0 Å². The Morgan fingerprint density at radius 3 is 2.61 bits per heavy atom. The molecule has 1 aromatic rings. The second-order valence-electron chi connectivity index (χ2n) is 5.51. The highest BCUT2D eigenvalue weighted by atomic mass is 35.5. The van der Waals surface area contributed by atoms with Crippen molar-refractivity contribution >= 4 is 29.1 Å². The van der Waals surface area contributed by atoms with Gasteiger partial charge in [-0.2, -0.15) is 0 Å². The highest BCUT2D eigenvalue weighted by Gasteiger charge is 2.26. The molecule has 1 fully saturated rings. The van der Waals surface area contributed by atoms with Gasteiger partial charge in [-0.1, -0.05) is 29.8 Å². The van der Waals surface area contributed by atoms with Crippen LogP contribution in [0.5, 0.6) is 0 Å². The molecule has 0 radical (unpaired) electrons. The summed E-state index contributed by atoms with van der Waals surface area (Å²) in [6, 6.07) is 7.14. The third-order valence-electron chi connectivity index (χ3n) is 3.86. The number of halogens is 1. The van der Waals surface area contributed by atoms with Gasteiger partial charge in [0.05, 0.1) is 0 Å². The Balaban J connectivity index is 2.20. The molecule has 1 heterocycles. The van der Waals surface area contributed by atoms with Gasteiger partial charge in [-0.15, -0.1) is 0 Å². The Bertz CT molecular complexity index is 608. The third kappa shape index (κ3) is 4.81. The molecule has 1 aromatic carbocycles. The van der Waals surface area contributed by atoms with Crippen molar-refractivity contribution in [3.05, 3.63) is 40.9 Å². The molecule has 23 heavy (non-hydrogen) atoms. The molecule has 1 amide bonds. The number of aliphatic carboxylic acids is 1. The van der Waals surface area contributed by atoms with E-state index in [4.69, 9.17) is 21.4 Å². The molecule has 0 saturated carbocycles. The number of allylic oxidation sites excluding steroid dienone is 1. The predicted octanol–water partition coefficient (Wildman–Crippen LogP) is 2.84. The number of carbonyl (C=O) groups is 2. The van der Waals surface area contributed by atoms with Crippen LogP contribution in [0.3, 0.4) is 0 Å². The maximum Gasteiger partial charge on any atom is 0.323 e. The Kier molecular flexibility index (Phi) is 6.19. The number of hydrogen-bond donors (Lipinski definition) is 1. The van der Waals surface area contributed by atoms with E-state index in [1.807, 2.05) is 18.2 Å². The van der Waals surface area contributed by atoms with Gasteiger partial charge < -0.3 is 14.7 Å². The summed E-state index contributed by atoms with van der Waals surface area (Å²) in [6.45, 7) is 2.57. The number of amides is 1. The normalized spacial score (nSPS) is 16.2. The van der Waals surface area contributed by atoms with Crippen molar-refractivity contribution in [2.45, 2.75) is 25.8 Å². The fourth-order valence-corrected chi connectivity index (χ4v) is 2.94. The van der Waals surface area contributed by atoms with Gasteiger partial charge in [0.15, 0.2) is 0 Å². The van der Waals surface area contributed by atoms with Gasteiger partial charge in [0.1, 0.15) is 6.54 Å². The molecule has 124 valence electrons. The van der Waals surface area contributed by atoms with Crippen LogP contribution in [0.2, 0.25) is 5.02 Å². The Hall–Kier alpha value is -1.85. The lowest BCUT2D eigenvalue weighted by Crippen LogP contribution is -2.45. The lowest BCUT2D eigenvalue weighted by Gasteiger charge is -2.32. The van der Waals surface area contributed by atoms with E-state index in [0.717, 1.165) is 5.56 Å². The van der Waals surface area contributed by atoms with Crippen LogP contribution in [0.4, 0.5) is 0 Å². The summed E-state index contributed by atoms with van der Waals surface area (Å²) in [6.07, 6.45) is 2.76. The maximum atomic E-state index is 12.6. The average molecular weight is 338 g/mol. The molecule has 1 saturated heterocycles. The van der Waals surface area contributed by atoms with E-state index in [9.17, 15) is 9.59 Å². The monoisotopic (exact) mass is 337 g/mol. The van der Waals surface area contributed by atoms with Crippen molar-refractivity contribution in [1.29, 1.82) is 0 Å². The number of carboxylic acids is 1. The highest BCUT2D eigenvalue weighted by molar-refractivity contribution is 6.32. The molecule has 2 rings (SSSR count). The second-order valence-corrected chi connectivity index (χ2v) is 5.92. The molecule has 6 heteroatoms. The number of carboxylic acid groups (broad SMARTS) is 1. The van der Waals surface area contributed by atoms with Crippen molar-refractivity contribution in [2.24, 2.45) is 0 Å². The molecule has 0 aliphatic carbocycles. The maximum absolute atomic E-state index is 12.6. The zero-order chi connectivity index (χ0) is 16.8. The van der Waals surface area contributed by atoms with E-state index >= 15 is 0 Å². The third-order valence-corrected chi connectivity index (χ3v) is 4.19. The summed E-state index contributed by atoms with van der Waals surface area (Å²) in [5.74, 6) is -1.33. The van der Waals surface area contributed by atoms with E-state index in [2.05, 4.69) is 0 Å². The van der Waals surface area contributed by atoms with Crippen LogP contribution in [0, 0.1) is 0 Å². The minimum atomic E-state index is -1.02. The first-order valence-electron chi connectivity index (χ1n) is 7.52. The van der Waals surface area contributed by atoms with E-state index in [-0.39, 0.29) is 18.5 Å². The number of rotatable bonds is 5. The van der Waals surface area contributed by atoms with Crippen LogP contribution in [0.25, 0.3) is 5.57 Å². The first kappa shape index (κ1) is 17.5. The van der Waals surface area contributed by atoms with E-state index < -0.39 is 5.97 Å². The average Bonchev–Trinajstić information content (AvgIpc) is 2.53. The fraction of sp³-hybridized carbons (Fsp3) is 0.412. The van der Waals surface area contributed by atoms with Crippen LogP contribution in [-0.4, -0.2) is 47.7 Å². The summed E-state index contributed by atoms with van der Waals surface area (Å²) >= 11 is 6.14. The van der Waals surface area contributed by atoms with Crippen molar-refractivity contribution in [3.63, 3.8) is 0 Å². The standard InChI is InChI=1S/C17H20ClNO4/c1-12(14-4-2-3-5-15(14)18)10-16(20)19(11-17(21)22)13-6-8-23-9-7-13/h2-5,10,13H,6-9,11H2,1H3,(H,21,22)/b12-10+. The van der Waals surface area contributed by atoms with Crippen LogP contribution >= 0.6 is 11.6 Å². The number of nitrogens with zero attached hydrogens (tertiary/aromatic N) is 1. The lowest BCUT2D eigenvalue weighted by molar-refractivity contribution is -0.145. The first-order chi connectivity index (χ1) is 11.0. The second kappa shape index (κ2) is 8.13. The Labute approximate surface area is 140 Å². The van der Waals surface area contributed by atoms with Crippen LogP contribution in [-0.2, 0) is 14.3 Å². The van der Waals surface area contributed by atoms with Crippen molar-refractivity contribution in [2.75, 3.05) is 19.8 Å². The molecule has 1 aliphatic heterocycles. The molecule has 0 atom stereocenters. The molecule has 0 aromatic heterocycles. The summed E-state index contributed by atoms with van der Waals surface area (Å²) in [5, 5.41) is 9.65. The molecule has 0 bridgehead atoms. The first-order valence-corrected chi connectivity index (χ1v) is 7.90. The Morgan fingerprint density at radius 1 is 1.35 bits per heavy atom. The number of ether oxygens (including phenoxy) is 1. The zero-order valence-electron chi connectivity index (χ0n) is 13.0. The lowest BCUT2D eigenvalue weighted by atomic mass is 10.0. The van der Waals surface area contributed by atoms with Gasteiger partial charge in [0, 0.05) is 30.4 Å². The quantitative estimate of drug-likeness (QED) is 0.839. The van der Waals surface area contributed by atoms with Gasteiger partial charge >= 0.3 is 5.97 Å². The highest BCUT2D eigenvalue weighted by Crippen LogP contribution is 2.24. The van der Waals surface area contributed by atoms with Gasteiger partial charge in [0.2, 0.25) is 5.91 Å². The fourth-order valence-electron chi connectivity index (χ4n) is 2.66. The van der Waals surface area contributed by atoms with Crippen molar-refractivity contribution < 1.29 is 19.4 Å². The SMILES string of the molecule is C/C(=C\C(=O)N(CC(=O)O)C1CCOCC1)c1ccccc1Cl.